The average molecular weight is 271 g/mol. The molecule has 0 aromatic carbocycles. The van der Waals surface area contributed by atoms with E-state index in [2.05, 4.69) is 29.4 Å². The van der Waals surface area contributed by atoms with Gasteiger partial charge >= 0.3 is 0 Å². The normalized spacial score (nSPS) is 26.1. The summed E-state index contributed by atoms with van der Waals surface area (Å²) in [4.78, 5) is 14.3. The SMILES string of the molecule is CCC1CN(CC(=O)NC(C)COC)C(CC)CN1. The first-order valence-electron chi connectivity index (χ1n) is 7.36. The second kappa shape index (κ2) is 8.51. The van der Waals surface area contributed by atoms with Crippen LogP contribution in [0, 0.1) is 0 Å². The van der Waals surface area contributed by atoms with Gasteiger partial charge in [-0.2, -0.15) is 0 Å². The highest BCUT2D eigenvalue weighted by Gasteiger charge is 2.27. The van der Waals surface area contributed by atoms with Gasteiger partial charge in [0.05, 0.1) is 13.2 Å². The van der Waals surface area contributed by atoms with Crippen LogP contribution >= 0.6 is 0 Å². The van der Waals surface area contributed by atoms with E-state index < -0.39 is 0 Å². The van der Waals surface area contributed by atoms with E-state index in [1.807, 2.05) is 6.92 Å². The van der Waals surface area contributed by atoms with E-state index in [0.717, 1.165) is 25.9 Å². The number of methoxy groups -OCH3 is 1. The number of hydrogen-bond acceptors (Lipinski definition) is 4. The van der Waals surface area contributed by atoms with E-state index in [9.17, 15) is 4.79 Å². The van der Waals surface area contributed by atoms with Gasteiger partial charge in [-0.25, -0.2) is 0 Å². The molecule has 5 nitrogen and oxygen atoms in total. The van der Waals surface area contributed by atoms with E-state index in [0.29, 0.717) is 25.2 Å². The van der Waals surface area contributed by atoms with Gasteiger partial charge in [-0.15, -0.1) is 0 Å². The van der Waals surface area contributed by atoms with Gasteiger partial charge in [0.15, 0.2) is 0 Å². The Balaban J connectivity index is 2.44. The molecule has 0 spiro atoms. The number of carbonyl (C=O) groups is 1. The summed E-state index contributed by atoms with van der Waals surface area (Å²) in [5, 5.41) is 6.52. The Kier molecular flexibility index (Phi) is 7.34. The molecule has 0 aromatic heterocycles. The van der Waals surface area contributed by atoms with Gasteiger partial charge in [-0.05, 0) is 19.8 Å². The van der Waals surface area contributed by atoms with Gasteiger partial charge in [0.2, 0.25) is 5.91 Å². The number of carbonyl (C=O) groups excluding carboxylic acids is 1. The first kappa shape index (κ1) is 16.4. The van der Waals surface area contributed by atoms with Crippen LogP contribution in [-0.2, 0) is 9.53 Å². The van der Waals surface area contributed by atoms with E-state index in [-0.39, 0.29) is 11.9 Å². The van der Waals surface area contributed by atoms with Crippen molar-refractivity contribution in [2.24, 2.45) is 0 Å². The third-order valence-electron chi connectivity index (χ3n) is 3.75. The van der Waals surface area contributed by atoms with Crippen molar-refractivity contribution < 1.29 is 9.53 Å². The molecular formula is C14H29N3O2. The number of amides is 1. The first-order chi connectivity index (χ1) is 9.10. The molecule has 19 heavy (non-hydrogen) atoms. The molecule has 3 atom stereocenters. The molecule has 112 valence electrons. The predicted octanol–water partition coefficient (Wildman–Crippen LogP) is 0.600. The predicted molar refractivity (Wildman–Crippen MR) is 77.2 cm³/mol. The molecule has 1 saturated heterocycles. The molecule has 1 fully saturated rings. The summed E-state index contributed by atoms with van der Waals surface area (Å²) in [6.07, 6.45) is 2.18. The zero-order valence-corrected chi connectivity index (χ0v) is 12.7. The van der Waals surface area contributed by atoms with E-state index in [4.69, 9.17) is 4.74 Å². The summed E-state index contributed by atoms with van der Waals surface area (Å²) in [5.41, 5.74) is 0. The highest BCUT2D eigenvalue weighted by atomic mass is 16.5. The maximum Gasteiger partial charge on any atom is 0.234 e. The number of piperazine rings is 1. The van der Waals surface area contributed by atoms with Crippen molar-refractivity contribution in [1.82, 2.24) is 15.5 Å². The van der Waals surface area contributed by atoms with Gasteiger partial charge < -0.3 is 15.4 Å². The molecule has 0 radical (unpaired) electrons. The maximum absolute atomic E-state index is 12.0. The van der Waals surface area contributed by atoms with Crippen LogP contribution in [0.2, 0.25) is 0 Å². The molecular weight excluding hydrogens is 242 g/mol. The minimum atomic E-state index is 0.0717. The Hall–Kier alpha value is -0.650. The molecule has 0 saturated carbocycles. The van der Waals surface area contributed by atoms with Crippen molar-refractivity contribution in [3.8, 4) is 0 Å². The Bertz CT molecular complexity index is 273. The van der Waals surface area contributed by atoms with Gasteiger partial charge in [0.25, 0.3) is 0 Å². The van der Waals surface area contributed by atoms with Crippen LogP contribution in [0.3, 0.4) is 0 Å². The fourth-order valence-corrected chi connectivity index (χ4v) is 2.59. The zero-order valence-electron chi connectivity index (χ0n) is 12.7. The average Bonchev–Trinajstić information content (AvgIpc) is 2.38. The van der Waals surface area contributed by atoms with Crippen molar-refractivity contribution in [3.05, 3.63) is 0 Å². The lowest BCUT2D eigenvalue weighted by atomic mass is 10.1. The van der Waals surface area contributed by atoms with Crippen molar-refractivity contribution in [1.29, 1.82) is 0 Å². The van der Waals surface area contributed by atoms with Crippen molar-refractivity contribution in [3.63, 3.8) is 0 Å². The van der Waals surface area contributed by atoms with E-state index in [1.54, 1.807) is 7.11 Å². The second-order valence-electron chi connectivity index (χ2n) is 5.43. The highest BCUT2D eigenvalue weighted by Crippen LogP contribution is 2.11. The fraction of sp³-hybridized carbons (Fsp3) is 0.929. The van der Waals surface area contributed by atoms with Crippen LogP contribution in [0.25, 0.3) is 0 Å². The minimum Gasteiger partial charge on any atom is -0.383 e. The number of hydrogen-bond donors (Lipinski definition) is 2. The topological polar surface area (TPSA) is 53.6 Å². The molecule has 0 bridgehead atoms. The van der Waals surface area contributed by atoms with Crippen LogP contribution in [0.4, 0.5) is 0 Å². The van der Waals surface area contributed by atoms with Gasteiger partial charge in [0.1, 0.15) is 0 Å². The van der Waals surface area contributed by atoms with E-state index >= 15 is 0 Å². The zero-order chi connectivity index (χ0) is 14.3. The summed E-state index contributed by atoms with van der Waals surface area (Å²) in [5.74, 6) is 0.0970. The molecule has 3 unspecified atom stereocenters. The lowest BCUT2D eigenvalue weighted by Crippen LogP contribution is -2.58. The van der Waals surface area contributed by atoms with Crippen LogP contribution in [0.15, 0.2) is 0 Å². The van der Waals surface area contributed by atoms with E-state index in [1.165, 1.54) is 0 Å². The monoisotopic (exact) mass is 271 g/mol. The van der Waals surface area contributed by atoms with Crippen LogP contribution in [0.5, 0.6) is 0 Å². The molecule has 5 heteroatoms. The number of rotatable bonds is 7. The number of nitrogens with zero attached hydrogens (tertiary/aromatic N) is 1. The quantitative estimate of drug-likeness (QED) is 0.712. The van der Waals surface area contributed by atoms with Crippen LogP contribution < -0.4 is 10.6 Å². The number of ether oxygens (including phenoxy) is 1. The molecule has 0 aromatic rings. The fourth-order valence-electron chi connectivity index (χ4n) is 2.59. The molecule has 1 rings (SSSR count). The van der Waals surface area contributed by atoms with Gasteiger partial charge in [-0.1, -0.05) is 13.8 Å². The third kappa shape index (κ3) is 5.47. The van der Waals surface area contributed by atoms with Crippen LogP contribution in [0.1, 0.15) is 33.6 Å². The Morgan fingerprint density at radius 3 is 2.79 bits per heavy atom. The summed E-state index contributed by atoms with van der Waals surface area (Å²) >= 11 is 0. The van der Waals surface area contributed by atoms with Gasteiger partial charge in [-0.3, -0.25) is 9.69 Å². The Morgan fingerprint density at radius 1 is 1.47 bits per heavy atom. The van der Waals surface area contributed by atoms with Crippen molar-refractivity contribution in [2.75, 3.05) is 33.4 Å². The smallest absolute Gasteiger partial charge is 0.234 e. The second-order valence-corrected chi connectivity index (χ2v) is 5.43. The standard InChI is InChI=1S/C14H29N3O2/c1-5-12-8-17(13(6-2)7-15-12)9-14(18)16-11(3)10-19-4/h11-13,15H,5-10H2,1-4H3,(H,16,18). The largest absolute Gasteiger partial charge is 0.383 e. The summed E-state index contributed by atoms with van der Waals surface area (Å²) in [7, 11) is 1.65. The summed E-state index contributed by atoms with van der Waals surface area (Å²) < 4.78 is 5.03. The van der Waals surface area contributed by atoms with Crippen LogP contribution in [-0.4, -0.2) is 62.3 Å². The lowest BCUT2D eigenvalue weighted by Gasteiger charge is -2.39. The molecule has 1 heterocycles. The third-order valence-corrected chi connectivity index (χ3v) is 3.75. The van der Waals surface area contributed by atoms with Crippen molar-refractivity contribution in [2.45, 2.75) is 51.7 Å². The van der Waals surface area contributed by atoms with Gasteiger partial charge in [0, 0.05) is 38.3 Å². The molecule has 2 N–H and O–H groups in total. The number of nitrogens with one attached hydrogen (secondary N) is 2. The summed E-state index contributed by atoms with van der Waals surface area (Å²) in [6.45, 7) is 9.31. The Morgan fingerprint density at radius 2 is 2.21 bits per heavy atom. The lowest BCUT2D eigenvalue weighted by molar-refractivity contribution is -0.124. The highest BCUT2D eigenvalue weighted by molar-refractivity contribution is 5.78. The molecule has 1 aliphatic rings. The maximum atomic E-state index is 12.0. The molecule has 1 aliphatic heterocycles. The molecule has 1 amide bonds. The Labute approximate surface area is 117 Å². The first-order valence-corrected chi connectivity index (χ1v) is 7.36. The summed E-state index contributed by atoms with van der Waals surface area (Å²) in [6, 6.07) is 1.04. The minimum absolute atomic E-state index is 0.0717. The molecule has 0 aliphatic carbocycles. The van der Waals surface area contributed by atoms with Crippen molar-refractivity contribution >= 4 is 5.91 Å².